The van der Waals surface area contributed by atoms with Crippen molar-refractivity contribution in [2.24, 2.45) is 0 Å². The van der Waals surface area contributed by atoms with Gasteiger partial charge >= 0.3 is 0 Å². The molecule has 1 N–H and O–H groups in total. The summed E-state index contributed by atoms with van der Waals surface area (Å²) in [6.07, 6.45) is 9.09. The molecule has 0 aliphatic carbocycles. The lowest BCUT2D eigenvalue weighted by Crippen LogP contribution is -2.37. The molecule has 1 aliphatic rings. The van der Waals surface area contributed by atoms with Gasteiger partial charge in [-0.1, -0.05) is 30.3 Å². The number of amides is 2. The Morgan fingerprint density at radius 1 is 0.889 bits per heavy atom. The van der Waals surface area contributed by atoms with Gasteiger partial charge in [0.2, 0.25) is 0 Å². The van der Waals surface area contributed by atoms with Crippen molar-refractivity contribution >= 4 is 11.8 Å². The molecule has 0 radical (unpaired) electrons. The fourth-order valence-electron chi connectivity index (χ4n) is 4.54. The summed E-state index contributed by atoms with van der Waals surface area (Å²) in [5.41, 5.74) is 5.10. The monoisotopic (exact) mass is 480 g/mol. The Kier molecular flexibility index (Phi) is 7.12. The minimum atomic E-state index is -0.203. The average molecular weight is 481 g/mol. The van der Waals surface area contributed by atoms with Crippen molar-refractivity contribution in [1.29, 1.82) is 0 Å². The Morgan fingerprint density at radius 3 is 2.36 bits per heavy atom. The summed E-state index contributed by atoms with van der Waals surface area (Å²) in [5, 5.41) is 7.76. The van der Waals surface area contributed by atoms with Gasteiger partial charge in [-0.25, -0.2) is 0 Å². The number of fused-ring (bicyclic) bond motifs is 1. The Bertz CT molecular complexity index is 1320. The van der Waals surface area contributed by atoms with E-state index in [2.05, 4.69) is 27.4 Å². The van der Waals surface area contributed by atoms with Crippen molar-refractivity contribution in [2.75, 3.05) is 13.1 Å². The first kappa shape index (κ1) is 23.4. The Labute approximate surface area is 210 Å². The number of hydrogen-bond donors (Lipinski definition) is 1. The number of nitrogens with one attached hydrogen (secondary N) is 1. The molecule has 0 unspecified atom stereocenters. The SMILES string of the molecule is O=C(NCCCc1ccccc1)c1nn(Cc2ccncc2)c2c1CN(C(=O)c1ccncc1)CC2. The molecular formula is C28H28N6O2. The summed E-state index contributed by atoms with van der Waals surface area (Å²) in [5.74, 6) is -0.273. The van der Waals surface area contributed by atoms with Crippen LogP contribution < -0.4 is 5.32 Å². The summed E-state index contributed by atoms with van der Waals surface area (Å²) < 4.78 is 1.90. The highest BCUT2D eigenvalue weighted by molar-refractivity contribution is 5.96. The molecule has 0 saturated carbocycles. The third-order valence-electron chi connectivity index (χ3n) is 6.42. The summed E-state index contributed by atoms with van der Waals surface area (Å²) in [4.78, 5) is 36.2. The normalized spacial score (nSPS) is 12.7. The van der Waals surface area contributed by atoms with E-state index < -0.39 is 0 Å². The van der Waals surface area contributed by atoms with Gasteiger partial charge in [0.05, 0.1) is 13.1 Å². The minimum Gasteiger partial charge on any atom is -0.351 e. The van der Waals surface area contributed by atoms with Crippen LogP contribution in [0.2, 0.25) is 0 Å². The summed E-state index contributed by atoms with van der Waals surface area (Å²) in [7, 11) is 0. The second-order valence-corrected chi connectivity index (χ2v) is 8.84. The molecule has 4 heterocycles. The number of benzene rings is 1. The standard InChI is InChI=1S/C28H28N6O2/c35-27(31-13-4-7-21-5-2-1-3-6-21)26-24-20-33(28(36)23-10-16-30-17-11-23)18-12-25(24)34(32-26)19-22-8-14-29-15-9-22/h1-3,5-6,8-11,14-17H,4,7,12-13,18-20H2,(H,31,35). The highest BCUT2D eigenvalue weighted by Crippen LogP contribution is 2.25. The molecule has 0 bridgehead atoms. The van der Waals surface area contributed by atoms with E-state index in [0.29, 0.717) is 43.9 Å². The molecule has 8 nitrogen and oxygen atoms in total. The first-order chi connectivity index (χ1) is 17.7. The van der Waals surface area contributed by atoms with Gasteiger partial charge in [-0.05, 0) is 48.2 Å². The highest BCUT2D eigenvalue weighted by atomic mass is 16.2. The summed E-state index contributed by atoms with van der Waals surface area (Å²) in [6.45, 7) is 2.01. The molecule has 3 aromatic heterocycles. The molecular weight excluding hydrogens is 452 g/mol. The predicted octanol–water partition coefficient (Wildman–Crippen LogP) is 3.28. The van der Waals surface area contributed by atoms with Crippen LogP contribution in [0.25, 0.3) is 0 Å². The molecule has 1 aliphatic heterocycles. The van der Waals surface area contributed by atoms with E-state index >= 15 is 0 Å². The molecule has 0 saturated heterocycles. The van der Waals surface area contributed by atoms with Crippen LogP contribution in [0.1, 0.15) is 49.7 Å². The van der Waals surface area contributed by atoms with Gasteiger partial charge in [0.1, 0.15) is 0 Å². The van der Waals surface area contributed by atoms with E-state index in [1.807, 2.05) is 35.0 Å². The van der Waals surface area contributed by atoms with Crippen LogP contribution in [0.3, 0.4) is 0 Å². The average Bonchev–Trinajstić information content (AvgIpc) is 3.29. The van der Waals surface area contributed by atoms with Gasteiger partial charge in [-0.3, -0.25) is 24.2 Å². The highest BCUT2D eigenvalue weighted by Gasteiger charge is 2.30. The first-order valence-electron chi connectivity index (χ1n) is 12.2. The third-order valence-corrected chi connectivity index (χ3v) is 6.42. The van der Waals surface area contributed by atoms with E-state index in [1.54, 1.807) is 41.8 Å². The van der Waals surface area contributed by atoms with Crippen LogP contribution in [-0.2, 0) is 25.9 Å². The van der Waals surface area contributed by atoms with Gasteiger partial charge in [0.15, 0.2) is 5.69 Å². The van der Waals surface area contributed by atoms with Gasteiger partial charge in [0, 0.05) is 61.1 Å². The van der Waals surface area contributed by atoms with E-state index in [4.69, 9.17) is 5.10 Å². The van der Waals surface area contributed by atoms with Crippen LogP contribution >= 0.6 is 0 Å². The van der Waals surface area contributed by atoms with Gasteiger partial charge in [-0.15, -0.1) is 0 Å². The van der Waals surface area contributed by atoms with E-state index in [9.17, 15) is 9.59 Å². The van der Waals surface area contributed by atoms with Crippen LogP contribution in [0.4, 0.5) is 0 Å². The summed E-state index contributed by atoms with van der Waals surface area (Å²) >= 11 is 0. The van der Waals surface area contributed by atoms with Crippen molar-refractivity contribution in [3.63, 3.8) is 0 Å². The lowest BCUT2D eigenvalue weighted by Gasteiger charge is -2.28. The molecule has 5 rings (SSSR count). The molecule has 1 aromatic carbocycles. The predicted molar refractivity (Wildman–Crippen MR) is 135 cm³/mol. The second kappa shape index (κ2) is 10.9. The zero-order chi connectivity index (χ0) is 24.7. The number of carbonyl (C=O) groups is 2. The van der Waals surface area contributed by atoms with E-state index in [-0.39, 0.29) is 11.8 Å². The number of carbonyl (C=O) groups excluding carboxylic acids is 2. The number of hydrogen-bond acceptors (Lipinski definition) is 5. The molecule has 0 spiro atoms. The lowest BCUT2D eigenvalue weighted by molar-refractivity contribution is 0.0730. The quantitative estimate of drug-likeness (QED) is 0.391. The summed E-state index contributed by atoms with van der Waals surface area (Å²) in [6, 6.07) is 17.5. The zero-order valence-corrected chi connectivity index (χ0v) is 20.0. The fourth-order valence-corrected chi connectivity index (χ4v) is 4.54. The van der Waals surface area contributed by atoms with Crippen molar-refractivity contribution < 1.29 is 9.59 Å². The number of aromatic nitrogens is 4. The molecule has 36 heavy (non-hydrogen) atoms. The largest absolute Gasteiger partial charge is 0.351 e. The van der Waals surface area contributed by atoms with Gasteiger partial charge in [0.25, 0.3) is 11.8 Å². The number of aryl methyl sites for hydroxylation is 1. The molecule has 0 fully saturated rings. The Morgan fingerprint density at radius 2 is 1.61 bits per heavy atom. The lowest BCUT2D eigenvalue weighted by atomic mass is 10.0. The number of pyridine rings is 2. The Balaban J connectivity index is 1.34. The minimum absolute atomic E-state index is 0.0702. The molecule has 8 heteroatoms. The molecule has 2 amide bonds. The number of rotatable bonds is 8. The van der Waals surface area contributed by atoms with Crippen LogP contribution in [-0.4, -0.2) is 49.6 Å². The molecule has 0 atom stereocenters. The maximum Gasteiger partial charge on any atom is 0.272 e. The van der Waals surface area contributed by atoms with E-state index in [0.717, 1.165) is 29.7 Å². The van der Waals surface area contributed by atoms with Gasteiger partial charge < -0.3 is 10.2 Å². The third kappa shape index (κ3) is 5.33. The van der Waals surface area contributed by atoms with E-state index in [1.165, 1.54) is 5.56 Å². The second-order valence-electron chi connectivity index (χ2n) is 8.84. The van der Waals surface area contributed by atoms with Crippen molar-refractivity contribution in [3.8, 4) is 0 Å². The van der Waals surface area contributed by atoms with Crippen molar-refractivity contribution in [3.05, 3.63) is 113 Å². The van der Waals surface area contributed by atoms with Crippen LogP contribution in [0.15, 0.2) is 79.4 Å². The number of nitrogens with zero attached hydrogens (tertiary/aromatic N) is 5. The smallest absolute Gasteiger partial charge is 0.272 e. The van der Waals surface area contributed by atoms with Gasteiger partial charge in [-0.2, -0.15) is 5.10 Å². The topological polar surface area (TPSA) is 93.0 Å². The first-order valence-corrected chi connectivity index (χ1v) is 12.2. The maximum absolute atomic E-state index is 13.2. The Hall–Kier alpha value is -4.33. The molecule has 182 valence electrons. The van der Waals surface area contributed by atoms with Crippen molar-refractivity contribution in [2.45, 2.75) is 32.4 Å². The fraction of sp³-hybridized carbons (Fsp3) is 0.250. The maximum atomic E-state index is 13.2. The van der Waals surface area contributed by atoms with Crippen LogP contribution in [0, 0.1) is 0 Å². The van der Waals surface area contributed by atoms with Crippen LogP contribution in [0.5, 0.6) is 0 Å². The zero-order valence-electron chi connectivity index (χ0n) is 20.0. The molecule has 4 aromatic rings. The van der Waals surface area contributed by atoms with Crippen molar-refractivity contribution in [1.82, 2.24) is 30.0 Å².